The highest BCUT2D eigenvalue weighted by Gasteiger charge is 2.14. The fourth-order valence-corrected chi connectivity index (χ4v) is 2.90. The SMILES string of the molecule is COc1cc(CC(CN)c2ccccn2)ccc1OCc1ccccc1. The number of methoxy groups -OCH3 is 1. The molecule has 0 fully saturated rings. The number of benzene rings is 2. The fourth-order valence-electron chi connectivity index (χ4n) is 2.90. The molecule has 3 aromatic rings. The lowest BCUT2D eigenvalue weighted by Gasteiger charge is -2.16. The van der Waals surface area contributed by atoms with E-state index in [0.717, 1.165) is 34.7 Å². The van der Waals surface area contributed by atoms with Crippen molar-refractivity contribution >= 4 is 0 Å². The van der Waals surface area contributed by atoms with Crippen molar-refractivity contribution in [2.45, 2.75) is 18.9 Å². The predicted octanol–water partition coefficient (Wildman–Crippen LogP) is 3.95. The number of aromatic nitrogens is 1. The zero-order valence-electron chi connectivity index (χ0n) is 15.0. The standard InChI is InChI=1S/C22H24N2O2/c1-25-22-14-18(13-19(15-23)20-9-5-6-12-24-20)10-11-21(22)26-16-17-7-3-2-4-8-17/h2-12,14,19H,13,15-16,23H2,1H3. The molecule has 0 radical (unpaired) electrons. The molecule has 0 aliphatic rings. The van der Waals surface area contributed by atoms with Gasteiger partial charge in [0.15, 0.2) is 11.5 Å². The molecule has 0 spiro atoms. The van der Waals surface area contributed by atoms with Crippen LogP contribution in [0, 0.1) is 0 Å². The lowest BCUT2D eigenvalue weighted by molar-refractivity contribution is 0.284. The third-order valence-corrected chi connectivity index (χ3v) is 4.34. The number of pyridine rings is 1. The molecule has 0 amide bonds. The largest absolute Gasteiger partial charge is 0.493 e. The third-order valence-electron chi connectivity index (χ3n) is 4.34. The van der Waals surface area contributed by atoms with Gasteiger partial charge < -0.3 is 15.2 Å². The second kappa shape index (κ2) is 9.02. The first kappa shape index (κ1) is 18.0. The predicted molar refractivity (Wildman–Crippen MR) is 104 cm³/mol. The van der Waals surface area contributed by atoms with Crippen molar-refractivity contribution in [2.24, 2.45) is 5.73 Å². The summed E-state index contributed by atoms with van der Waals surface area (Å²) in [5.74, 6) is 1.65. The number of rotatable bonds is 8. The van der Waals surface area contributed by atoms with Gasteiger partial charge in [-0.1, -0.05) is 42.5 Å². The van der Waals surface area contributed by atoms with Crippen LogP contribution in [0.5, 0.6) is 11.5 Å². The van der Waals surface area contributed by atoms with Crippen LogP contribution in [-0.2, 0) is 13.0 Å². The van der Waals surface area contributed by atoms with Crippen LogP contribution in [0.2, 0.25) is 0 Å². The third kappa shape index (κ3) is 4.61. The first-order valence-electron chi connectivity index (χ1n) is 8.74. The maximum absolute atomic E-state index is 5.97. The molecule has 0 aliphatic heterocycles. The Kier molecular flexibility index (Phi) is 6.23. The lowest BCUT2D eigenvalue weighted by Crippen LogP contribution is -2.16. The molecule has 4 heteroatoms. The minimum absolute atomic E-state index is 0.178. The molecule has 1 atom stereocenters. The molecule has 4 nitrogen and oxygen atoms in total. The maximum atomic E-state index is 5.97. The molecule has 3 rings (SSSR count). The number of hydrogen-bond donors (Lipinski definition) is 1. The summed E-state index contributed by atoms with van der Waals surface area (Å²) >= 11 is 0. The van der Waals surface area contributed by atoms with Gasteiger partial charge >= 0.3 is 0 Å². The van der Waals surface area contributed by atoms with Gasteiger partial charge in [0, 0.05) is 24.4 Å². The highest BCUT2D eigenvalue weighted by atomic mass is 16.5. The summed E-state index contributed by atoms with van der Waals surface area (Å²) < 4.78 is 11.4. The second-order valence-corrected chi connectivity index (χ2v) is 6.15. The van der Waals surface area contributed by atoms with Crippen molar-refractivity contribution in [1.29, 1.82) is 0 Å². The number of nitrogens with two attached hydrogens (primary N) is 1. The van der Waals surface area contributed by atoms with E-state index in [9.17, 15) is 0 Å². The van der Waals surface area contributed by atoms with E-state index in [4.69, 9.17) is 15.2 Å². The quantitative estimate of drug-likeness (QED) is 0.669. The highest BCUT2D eigenvalue weighted by molar-refractivity contribution is 5.43. The van der Waals surface area contributed by atoms with Crippen molar-refractivity contribution in [2.75, 3.05) is 13.7 Å². The molecule has 134 valence electrons. The van der Waals surface area contributed by atoms with Gasteiger partial charge in [-0.25, -0.2) is 0 Å². The Balaban J connectivity index is 1.71. The minimum atomic E-state index is 0.178. The fraction of sp³-hybridized carbons (Fsp3) is 0.227. The Labute approximate surface area is 154 Å². The van der Waals surface area contributed by atoms with E-state index in [-0.39, 0.29) is 5.92 Å². The van der Waals surface area contributed by atoms with Gasteiger partial charge in [0.05, 0.1) is 7.11 Å². The Bertz CT molecular complexity index is 807. The van der Waals surface area contributed by atoms with Crippen LogP contribution in [0.1, 0.15) is 22.7 Å². The summed E-state index contributed by atoms with van der Waals surface area (Å²) in [6, 6.07) is 22.1. The molecule has 0 saturated carbocycles. The molecular formula is C22H24N2O2. The number of ether oxygens (including phenoxy) is 2. The summed E-state index contributed by atoms with van der Waals surface area (Å²) in [6.07, 6.45) is 2.61. The smallest absolute Gasteiger partial charge is 0.161 e. The van der Waals surface area contributed by atoms with E-state index in [1.807, 2.05) is 60.7 Å². The molecule has 26 heavy (non-hydrogen) atoms. The Morgan fingerprint density at radius 1 is 0.923 bits per heavy atom. The van der Waals surface area contributed by atoms with Crippen molar-refractivity contribution in [1.82, 2.24) is 4.98 Å². The van der Waals surface area contributed by atoms with Crippen molar-refractivity contribution in [3.05, 3.63) is 89.7 Å². The van der Waals surface area contributed by atoms with Gasteiger partial charge in [0.2, 0.25) is 0 Å². The van der Waals surface area contributed by atoms with Crippen LogP contribution in [0.25, 0.3) is 0 Å². The first-order chi connectivity index (χ1) is 12.8. The second-order valence-electron chi connectivity index (χ2n) is 6.15. The van der Waals surface area contributed by atoms with Crippen LogP contribution in [0.3, 0.4) is 0 Å². The van der Waals surface area contributed by atoms with E-state index in [1.165, 1.54) is 0 Å². The average Bonchev–Trinajstić information content (AvgIpc) is 2.72. The maximum Gasteiger partial charge on any atom is 0.161 e. The van der Waals surface area contributed by atoms with Crippen LogP contribution in [0.15, 0.2) is 72.9 Å². The number of nitrogens with zero attached hydrogens (tertiary/aromatic N) is 1. The molecule has 0 saturated heterocycles. The Hall–Kier alpha value is -2.85. The zero-order chi connectivity index (χ0) is 18.2. The van der Waals surface area contributed by atoms with Crippen LogP contribution in [-0.4, -0.2) is 18.6 Å². The molecule has 0 aliphatic carbocycles. The van der Waals surface area contributed by atoms with Crippen molar-refractivity contribution < 1.29 is 9.47 Å². The molecule has 0 bridgehead atoms. The van der Waals surface area contributed by atoms with Crippen LogP contribution >= 0.6 is 0 Å². The van der Waals surface area contributed by atoms with Gasteiger partial charge in [-0.05, 0) is 41.8 Å². The van der Waals surface area contributed by atoms with E-state index < -0.39 is 0 Å². The molecule has 1 aromatic heterocycles. The van der Waals surface area contributed by atoms with E-state index >= 15 is 0 Å². The molecule has 1 heterocycles. The molecule has 2 aromatic carbocycles. The minimum Gasteiger partial charge on any atom is -0.493 e. The topological polar surface area (TPSA) is 57.4 Å². The van der Waals surface area contributed by atoms with Gasteiger partial charge in [-0.15, -0.1) is 0 Å². The summed E-state index contributed by atoms with van der Waals surface area (Å²) in [5, 5.41) is 0. The van der Waals surface area contributed by atoms with E-state index in [1.54, 1.807) is 13.3 Å². The highest BCUT2D eigenvalue weighted by Crippen LogP contribution is 2.30. The van der Waals surface area contributed by atoms with Crippen LogP contribution < -0.4 is 15.2 Å². The zero-order valence-corrected chi connectivity index (χ0v) is 15.0. The molecule has 2 N–H and O–H groups in total. The summed E-state index contributed by atoms with van der Waals surface area (Å²) in [6.45, 7) is 1.06. The summed E-state index contributed by atoms with van der Waals surface area (Å²) in [7, 11) is 1.66. The summed E-state index contributed by atoms with van der Waals surface area (Å²) in [5.41, 5.74) is 9.25. The normalized spacial score (nSPS) is 11.8. The van der Waals surface area contributed by atoms with Gasteiger partial charge in [0.1, 0.15) is 6.61 Å². The van der Waals surface area contributed by atoms with Crippen molar-refractivity contribution in [3.63, 3.8) is 0 Å². The Morgan fingerprint density at radius 2 is 1.73 bits per heavy atom. The lowest BCUT2D eigenvalue weighted by atomic mass is 9.95. The Morgan fingerprint density at radius 3 is 2.42 bits per heavy atom. The van der Waals surface area contributed by atoms with Crippen LogP contribution in [0.4, 0.5) is 0 Å². The summed E-state index contributed by atoms with van der Waals surface area (Å²) in [4.78, 5) is 4.43. The van der Waals surface area contributed by atoms with Gasteiger partial charge in [-0.2, -0.15) is 0 Å². The van der Waals surface area contributed by atoms with E-state index in [2.05, 4.69) is 11.1 Å². The average molecular weight is 348 g/mol. The van der Waals surface area contributed by atoms with E-state index in [0.29, 0.717) is 13.2 Å². The first-order valence-corrected chi connectivity index (χ1v) is 8.74. The number of hydrogen-bond acceptors (Lipinski definition) is 4. The van der Waals surface area contributed by atoms with Crippen molar-refractivity contribution in [3.8, 4) is 11.5 Å². The molecule has 1 unspecified atom stereocenters. The molecular weight excluding hydrogens is 324 g/mol. The monoisotopic (exact) mass is 348 g/mol. The van der Waals surface area contributed by atoms with Gasteiger partial charge in [0.25, 0.3) is 0 Å². The van der Waals surface area contributed by atoms with Gasteiger partial charge in [-0.3, -0.25) is 4.98 Å².